The van der Waals surface area contributed by atoms with Crippen LogP contribution in [0.5, 0.6) is 0 Å². The first-order valence-corrected chi connectivity index (χ1v) is 9.01. The van der Waals surface area contributed by atoms with Gasteiger partial charge in [-0.05, 0) is 37.1 Å². The molecule has 1 saturated carbocycles. The van der Waals surface area contributed by atoms with Crippen molar-refractivity contribution in [1.82, 2.24) is 9.88 Å². The van der Waals surface area contributed by atoms with E-state index in [0.29, 0.717) is 30.3 Å². The van der Waals surface area contributed by atoms with Gasteiger partial charge in [-0.15, -0.1) is 0 Å². The van der Waals surface area contributed by atoms with E-state index < -0.39 is 0 Å². The van der Waals surface area contributed by atoms with Crippen molar-refractivity contribution < 1.29 is 14.0 Å². The Morgan fingerprint density at radius 3 is 2.68 bits per heavy atom. The Balaban J connectivity index is 1.39. The number of urea groups is 1. The lowest BCUT2D eigenvalue weighted by molar-refractivity contribution is -0.117. The fraction of sp³-hybridized carbons (Fsp3) is 0.353. The summed E-state index contributed by atoms with van der Waals surface area (Å²) < 4.78 is 12.9. The Morgan fingerprint density at radius 2 is 1.96 bits per heavy atom. The molecule has 4 rings (SSSR count). The summed E-state index contributed by atoms with van der Waals surface area (Å²) in [4.78, 5) is 31.4. The molecule has 1 aromatic heterocycles. The first-order valence-electron chi connectivity index (χ1n) is 8.19. The van der Waals surface area contributed by atoms with E-state index in [1.165, 1.54) is 35.6 Å². The van der Waals surface area contributed by atoms with Crippen LogP contribution < -0.4 is 10.6 Å². The first-order chi connectivity index (χ1) is 12.1. The minimum atomic E-state index is -0.342. The molecule has 2 N–H and O–H groups in total. The standard InChI is InChI=1S/C17H17FN4O2S/c18-11-3-5-12(6-4-11)19-17(24)22-8-7-13-14(9-22)25-16(20-13)21-15(23)10-1-2-10/h3-6,10H,1-2,7-9H2,(H,19,24)(H,20,21,23). The van der Waals surface area contributed by atoms with Gasteiger partial charge in [-0.25, -0.2) is 14.2 Å². The van der Waals surface area contributed by atoms with E-state index in [4.69, 9.17) is 0 Å². The molecule has 0 bridgehead atoms. The van der Waals surface area contributed by atoms with Crippen LogP contribution in [-0.4, -0.2) is 28.4 Å². The topological polar surface area (TPSA) is 74.3 Å². The van der Waals surface area contributed by atoms with Crippen LogP contribution in [-0.2, 0) is 17.8 Å². The number of amides is 3. The molecule has 130 valence electrons. The zero-order valence-electron chi connectivity index (χ0n) is 13.4. The van der Waals surface area contributed by atoms with Crippen molar-refractivity contribution in [1.29, 1.82) is 0 Å². The lowest BCUT2D eigenvalue weighted by atomic mass is 10.2. The number of benzene rings is 1. The fourth-order valence-corrected chi connectivity index (χ4v) is 3.74. The van der Waals surface area contributed by atoms with E-state index in [1.54, 1.807) is 4.90 Å². The average molecular weight is 360 g/mol. The molecule has 0 radical (unpaired) electrons. The van der Waals surface area contributed by atoms with E-state index in [9.17, 15) is 14.0 Å². The molecule has 1 aliphatic heterocycles. The number of fused-ring (bicyclic) bond motifs is 1. The summed E-state index contributed by atoms with van der Waals surface area (Å²) in [6.45, 7) is 1.01. The predicted octanol–water partition coefficient (Wildman–Crippen LogP) is 3.22. The number of thiazole rings is 1. The maximum absolute atomic E-state index is 12.9. The quantitative estimate of drug-likeness (QED) is 0.883. The number of halogens is 1. The van der Waals surface area contributed by atoms with Crippen LogP contribution >= 0.6 is 11.3 Å². The second kappa shape index (κ2) is 6.44. The van der Waals surface area contributed by atoms with Crippen molar-refractivity contribution in [3.63, 3.8) is 0 Å². The van der Waals surface area contributed by atoms with Crippen molar-refractivity contribution in [2.45, 2.75) is 25.8 Å². The normalized spacial score (nSPS) is 16.3. The highest BCUT2D eigenvalue weighted by Crippen LogP contribution is 2.33. The molecule has 1 aliphatic carbocycles. The van der Waals surface area contributed by atoms with Crippen molar-refractivity contribution in [3.05, 3.63) is 40.7 Å². The van der Waals surface area contributed by atoms with Gasteiger partial charge < -0.3 is 15.5 Å². The molecule has 6 nitrogen and oxygen atoms in total. The van der Waals surface area contributed by atoms with Crippen molar-refractivity contribution in [2.75, 3.05) is 17.2 Å². The van der Waals surface area contributed by atoms with Crippen LogP contribution in [0.4, 0.5) is 20.0 Å². The summed E-state index contributed by atoms with van der Waals surface area (Å²) in [6, 6.07) is 5.44. The van der Waals surface area contributed by atoms with E-state index in [1.807, 2.05) is 0 Å². The Labute approximate surface area is 148 Å². The summed E-state index contributed by atoms with van der Waals surface area (Å²) in [5.41, 5.74) is 1.50. The van der Waals surface area contributed by atoms with Crippen molar-refractivity contribution >= 4 is 34.1 Å². The second-order valence-corrected chi connectivity index (χ2v) is 7.34. The number of hydrogen-bond acceptors (Lipinski definition) is 4. The number of nitrogens with zero attached hydrogens (tertiary/aromatic N) is 2. The largest absolute Gasteiger partial charge is 0.322 e. The average Bonchev–Trinajstić information content (AvgIpc) is 3.37. The number of anilines is 2. The summed E-state index contributed by atoms with van der Waals surface area (Å²) in [5.74, 6) is -0.165. The minimum absolute atomic E-state index is 0.0389. The van der Waals surface area contributed by atoms with E-state index in [2.05, 4.69) is 15.6 Å². The number of carbonyl (C=O) groups excluding carboxylic acids is 2. The van der Waals surface area contributed by atoms with Crippen LogP contribution in [0.1, 0.15) is 23.4 Å². The second-order valence-electron chi connectivity index (χ2n) is 6.26. The highest BCUT2D eigenvalue weighted by Gasteiger charge is 2.31. The van der Waals surface area contributed by atoms with Gasteiger partial charge in [-0.3, -0.25) is 4.79 Å². The number of nitrogens with one attached hydrogen (secondary N) is 2. The highest BCUT2D eigenvalue weighted by molar-refractivity contribution is 7.15. The Hall–Kier alpha value is -2.48. The number of aromatic nitrogens is 1. The highest BCUT2D eigenvalue weighted by atomic mass is 32.1. The molecule has 0 saturated heterocycles. The number of hydrogen-bond donors (Lipinski definition) is 2. The lowest BCUT2D eigenvalue weighted by Crippen LogP contribution is -2.38. The van der Waals surface area contributed by atoms with Gasteiger partial charge in [0.05, 0.1) is 12.2 Å². The first kappa shape index (κ1) is 16.0. The van der Waals surface area contributed by atoms with Crippen LogP contribution in [0, 0.1) is 11.7 Å². The van der Waals surface area contributed by atoms with E-state index >= 15 is 0 Å². The SMILES string of the molecule is O=C(Nc1nc2c(s1)CN(C(=O)Nc1ccc(F)cc1)CC2)C1CC1. The lowest BCUT2D eigenvalue weighted by Gasteiger charge is -2.26. The maximum Gasteiger partial charge on any atom is 0.322 e. The van der Waals surface area contributed by atoms with Crippen LogP contribution in [0.25, 0.3) is 0 Å². The Morgan fingerprint density at radius 1 is 1.20 bits per heavy atom. The summed E-state index contributed by atoms with van der Waals surface area (Å²) in [7, 11) is 0. The summed E-state index contributed by atoms with van der Waals surface area (Å²) >= 11 is 1.42. The number of rotatable bonds is 3. The van der Waals surface area contributed by atoms with Crippen LogP contribution in [0.15, 0.2) is 24.3 Å². The molecule has 1 aromatic carbocycles. The third-order valence-electron chi connectivity index (χ3n) is 4.29. The van der Waals surface area contributed by atoms with Gasteiger partial charge in [-0.1, -0.05) is 11.3 Å². The third kappa shape index (κ3) is 3.63. The third-order valence-corrected chi connectivity index (χ3v) is 5.29. The molecule has 2 heterocycles. The molecule has 0 atom stereocenters. The molecule has 3 amide bonds. The minimum Gasteiger partial charge on any atom is -0.319 e. The molecule has 2 aromatic rings. The van der Waals surface area contributed by atoms with Crippen molar-refractivity contribution in [2.24, 2.45) is 5.92 Å². The van der Waals surface area contributed by atoms with Gasteiger partial charge in [0, 0.05) is 29.4 Å². The molecular weight excluding hydrogens is 343 g/mol. The zero-order valence-corrected chi connectivity index (χ0v) is 14.2. The predicted molar refractivity (Wildman–Crippen MR) is 93.0 cm³/mol. The maximum atomic E-state index is 12.9. The Bertz CT molecular complexity index is 817. The number of carbonyl (C=O) groups is 2. The molecular formula is C17H17FN4O2S. The van der Waals surface area contributed by atoms with Gasteiger partial charge in [0.1, 0.15) is 5.82 Å². The molecule has 0 spiro atoms. The zero-order chi connectivity index (χ0) is 17.4. The van der Waals surface area contributed by atoms with Gasteiger partial charge in [-0.2, -0.15) is 0 Å². The summed E-state index contributed by atoms with van der Waals surface area (Å²) in [5, 5.41) is 6.24. The smallest absolute Gasteiger partial charge is 0.319 e. The van der Waals surface area contributed by atoms with E-state index in [0.717, 1.165) is 23.4 Å². The molecule has 25 heavy (non-hydrogen) atoms. The van der Waals surface area contributed by atoms with Crippen molar-refractivity contribution in [3.8, 4) is 0 Å². The summed E-state index contributed by atoms with van der Waals surface area (Å²) in [6.07, 6.45) is 2.56. The molecule has 8 heteroatoms. The van der Waals surface area contributed by atoms with Crippen LogP contribution in [0.3, 0.4) is 0 Å². The molecule has 0 unspecified atom stereocenters. The monoisotopic (exact) mass is 360 g/mol. The molecule has 1 fully saturated rings. The molecule has 2 aliphatic rings. The van der Waals surface area contributed by atoms with Crippen LogP contribution in [0.2, 0.25) is 0 Å². The van der Waals surface area contributed by atoms with Gasteiger partial charge in [0.2, 0.25) is 5.91 Å². The van der Waals surface area contributed by atoms with E-state index in [-0.39, 0.29) is 23.7 Å². The fourth-order valence-electron chi connectivity index (χ4n) is 2.71. The van der Waals surface area contributed by atoms with Gasteiger partial charge in [0.25, 0.3) is 0 Å². The van der Waals surface area contributed by atoms with Gasteiger partial charge >= 0.3 is 6.03 Å². The van der Waals surface area contributed by atoms with Gasteiger partial charge in [0.15, 0.2) is 5.13 Å². The Kier molecular flexibility index (Phi) is 4.12.